The van der Waals surface area contributed by atoms with Crippen molar-refractivity contribution in [3.8, 4) is 0 Å². The van der Waals surface area contributed by atoms with Crippen LogP contribution in [0.3, 0.4) is 0 Å². The molecule has 4 heterocycles. The molecule has 0 unspecified atom stereocenters. The van der Waals surface area contributed by atoms with Gasteiger partial charge in [-0.2, -0.15) is 10.1 Å². The van der Waals surface area contributed by atoms with Crippen molar-refractivity contribution in [3.63, 3.8) is 0 Å². The number of aromatic nitrogens is 8. The molecule has 0 saturated carbocycles. The molecule has 0 fully saturated rings. The van der Waals surface area contributed by atoms with Gasteiger partial charge in [0, 0.05) is 31.3 Å². The first-order chi connectivity index (χ1) is 15.2. The molecule has 0 aliphatic carbocycles. The van der Waals surface area contributed by atoms with Gasteiger partial charge >= 0.3 is 5.91 Å². The van der Waals surface area contributed by atoms with Crippen LogP contribution in [0.2, 0.25) is 0 Å². The van der Waals surface area contributed by atoms with Crippen molar-refractivity contribution in [2.45, 2.75) is 6.42 Å². The summed E-state index contributed by atoms with van der Waals surface area (Å²) in [5.74, 6) is 0.748. The maximum Gasteiger partial charge on any atom is 0.312 e. The van der Waals surface area contributed by atoms with Crippen LogP contribution in [0.1, 0.15) is 21.8 Å². The van der Waals surface area contributed by atoms with Crippen LogP contribution in [0.15, 0.2) is 53.5 Å². The summed E-state index contributed by atoms with van der Waals surface area (Å²) in [6, 6.07) is 7.49. The van der Waals surface area contributed by atoms with Crippen molar-refractivity contribution in [1.82, 2.24) is 40.1 Å². The standard InChI is InChI=1S/C19H16N10O2/c1-29-14(5-6-22-29)23-19-21-10-12(9-11-3-2-4-13-15(11)27-28-26-13)16(25-19)24-17(30)18-20-7-8-31-18/h2-8,10H,9H2,1H3,(H,26,27,28)(H2,21,23,24,25,30). The van der Waals surface area contributed by atoms with E-state index in [1.807, 2.05) is 18.2 Å². The topological polar surface area (TPSA) is 152 Å². The molecule has 0 saturated heterocycles. The number of anilines is 3. The van der Waals surface area contributed by atoms with E-state index in [1.165, 1.54) is 12.5 Å². The lowest BCUT2D eigenvalue weighted by Gasteiger charge is -2.12. The number of aryl methyl sites for hydroxylation is 1. The molecular weight excluding hydrogens is 400 g/mol. The molecule has 0 atom stereocenters. The number of aromatic amines is 1. The normalized spacial score (nSPS) is 11.0. The predicted octanol–water partition coefficient (Wildman–Crippen LogP) is 2.06. The minimum atomic E-state index is -0.516. The van der Waals surface area contributed by atoms with E-state index < -0.39 is 5.91 Å². The van der Waals surface area contributed by atoms with Crippen LogP contribution in [0, 0.1) is 0 Å². The van der Waals surface area contributed by atoms with Gasteiger partial charge in [0.2, 0.25) is 5.95 Å². The molecule has 3 N–H and O–H groups in total. The Hall–Kier alpha value is -4.61. The number of hydrogen-bond acceptors (Lipinski definition) is 9. The average Bonchev–Trinajstić information content (AvgIpc) is 3.53. The van der Waals surface area contributed by atoms with Gasteiger partial charge in [0.1, 0.15) is 23.4 Å². The zero-order valence-corrected chi connectivity index (χ0v) is 16.3. The van der Waals surface area contributed by atoms with E-state index in [0.29, 0.717) is 29.6 Å². The van der Waals surface area contributed by atoms with Crippen LogP contribution < -0.4 is 10.6 Å². The van der Waals surface area contributed by atoms with Gasteiger partial charge in [-0.15, -0.1) is 5.10 Å². The third-order valence-corrected chi connectivity index (χ3v) is 4.61. The lowest BCUT2D eigenvalue weighted by Crippen LogP contribution is -2.16. The van der Waals surface area contributed by atoms with E-state index in [-0.39, 0.29) is 5.89 Å². The fourth-order valence-electron chi connectivity index (χ4n) is 3.09. The van der Waals surface area contributed by atoms with Gasteiger partial charge in [0.05, 0.1) is 17.9 Å². The van der Waals surface area contributed by atoms with Crippen molar-refractivity contribution in [1.29, 1.82) is 0 Å². The summed E-state index contributed by atoms with van der Waals surface area (Å²) in [6.45, 7) is 0. The Morgan fingerprint density at radius 2 is 2.13 bits per heavy atom. The van der Waals surface area contributed by atoms with Gasteiger partial charge in [0.15, 0.2) is 0 Å². The number of amides is 1. The minimum absolute atomic E-state index is 0.0643. The fraction of sp³-hybridized carbons (Fsp3) is 0.105. The summed E-state index contributed by atoms with van der Waals surface area (Å²) in [5, 5.41) is 20.7. The molecule has 0 bridgehead atoms. The Bertz CT molecular complexity index is 1360. The molecular formula is C19H16N10O2. The first-order valence-corrected chi connectivity index (χ1v) is 9.28. The maximum atomic E-state index is 12.5. The molecule has 12 nitrogen and oxygen atoms in total. The number of nitrogens with one attached hydrogen (secondary N) is 3. The third-order valence-electron chi connectivity index (χ3n) is 4.61. The molecule has 0 radical (unpaired) electrons. The van der Waals surface area contributed by atoms with Crippen LogP contribution in [-0.4, -0.2) is 46.1 Å². The monoisotopic (exact) mass is 416 g/mol. The first kappa shape index (κ1) is 18.4. The summed E-state index contributed by atoms with van der Waals surface area (Å²) in [6.07, 6.45) is 6.48. The van der Waals surface area contributed by atoms with Gasteiger partial charge in [-0.25, -0.2) is 9.97 Å². The lowest BCUT2D eigenvalue weighted by molar-refractivity contribution is 0.0989. The predicted molar refractivity (Wildman–Crippen MR) is 110 cm³/mol. The average molecular weight is 416 g/mol. The summed E-state index contributed by atoms with van der Waals surface area (Å²) in [5.41, 5.74) is 3.19. The quantitative estimate of drug-likeness (QED) is 0.377. The van der Waals surface area contributed by atoms with Gasteiger partial charge < -0.3 is 15.1 Å². The van der Waals surface area contributed by atoms with Crippen molar-refractivity contribution >= 4 is 34.5 Å². The summed E-state index contributed by atoms with van der Waals surface area (Å²) >= 11 is 0. The largest absolute Gasteiger partial charge is 0.441 e. The molecule has 5 rings (SSSR count). The number of fused-ring (bicyclic) bond motifs is 1. The molecule has 31 heavy (non-hydrogen) atoms. The highest BCUT2D eigenvalue weighted by Crippen LogP contribution is 2.23. The molecule has 0 aliphatic heterocycles. The zero-order chi connectivity index (χ0) is 21.2. The van der Waals surface area contributed by atoms with Gasteiger partial charge in [-0.1, -0.05) is 17.3 Å². The highest BCUT2D eigenvalue weighted by molar-refractivity contribution is 6.00. The van der Waals surface area contributed by atoms with Gasteiger partial charge in [-0.3, -0.25) is 14.6 Å². The number of rotatable bonds is 6. The Morgan fingerprint density at radius 1 is 1.19 bits per heavy atom. The van der Waals surface area contributed by atoms with Crippen molar-refractivity contribution in [2.75, 3.05) is 10.6 Å². The van der Waals surface area contributed by atoms with E-state index in [2.05, 4.69) is 46.1 Å². The van der Waals surface area contributed by atoms with Crippen molar-refractivity contribution in [2.24, 2.45) is 7.05 Å². The van der Waals surface area contributed by atoms with E-state index in [9.17, 15) is 4.79 Å². The number of benzene rings is 1. The van der Waals surface area contributed by atoms with Crippen LogP contribution >= 0.6 is 0 Å². The highest BCUT2D eigenvalue weighted by atomic mass is 16.3. The van der Waals surface area contributed by atoms with E-state index in [4.69, 9.17) is 4.42 Å². The number of para-hydroxylation sites is 1. The molecule has 0 spiro atoms. The van der Waals surface area contributed by atoms with Crippen LogP contribution in [0.5, 0.6) is 0 Å². The number of carbonyl (C=O) groups excluding carboxylic acids is 1. The van der Waals surface area contributed by atoms with Crippen molar-refractivity contribution in [3.05, 3.63) is 66.1 Å². The first-order valence-electron chi connectivity index (χ1n) is 9.28. The number of carbonyl (C=O) groups is 1. The van der Waals surface area contributed by atoms with E-state index in [0.717, 1.165) is 16.6 Å². The van der Waals surface area contributed by atoms with Crippen molar-refractivity contribution < 1.29 is 9.21 Å². The Morgan fingerprint density at radius 3 is 2.94 bits per heavy atom. The summed E-state index contributed by atoms with van der Waals surface area (Å²) < 4.78 is 6.74. The maximum absolute atomic E-state index is 12.5. The SMILES string of the molecule is Cn1nccc1Nc1ncc(Cc2cccc3nn[nH]c23)c(NC(=O)c2ncco2)n1. The molecule has 5 aromatic rings. The van der Waals surface area contributed by atoms with Crippen LogP contribution in [0.4, 0.5) is 17.6 Å². The third kappa shape index (κ3) is 3.69. The second-order valence-electron chi connectivity index (χ2n) is 6.62. The fourth-order valence-corrected chi connectivity index (χ4v) is 3.09. The van der Waals surface area contributed by atoms with E-state index >= 15 is 0 Å². The number of H-pyrrole nitrogens is 1. The zero-order valence-electron chi connectivity index (χ0n) is 16.3. The molecule has 4 aromatic heterocycles. The summed E-state index contributed by atoms with van der Waals surface area (Å²) in [7, 11) is 1.79. The molecule has 12 heteroatoms. The Kier molecular flexibility index (Phi) is 4.55. The second-order valence-corrected chi connectivity index (χ2v) is 6.62. The second kappa shape index (κ2) is 7.67. The van der Waals surface area contributed by atoms with Gasteiger partial charge in [-0.05, 0) is 11.6 Å². The summed E-state index contributed by atoms with van der Waals surface area (Å²) in [4.78, 5) is 25.3. The Balaban J connectivity index is 1.50. The van der Waals surface area contributed by atoms with E-state index in [1.54, 1.807) is 30.2 Å². The molecule has 1 aromatic carbocycles. The number of nitrogens with zero attached hydrogens (tertiary/aromatic N) is 7. The number of hydrogen-bond donors (Lipinski definition) is 3. The van der Waals surface area contributed by atoms with Crippen LogP contribution in [-0.2, 0) is 13.5 Å². The van der Waals surface area contributed by atoms with Crippen LogP contribution in [0.25, 0.3) is 11.0 Å². The highest BCUT2D eigenvalue weighted by Gasteiger charge is 2.17. The lowest BCUT2D eigenvalue weighted by atomic mass is 10.1. The molecule has 1 amide bonds. The number of oxazole rings is 1. The minimum Gasteiger partial charge on any atom is -0.441 e. The molecule has 0 aliphatic rings. The van der Waals surface area contributed by atoms with Gasteiger partial charge in [0.25, 0.3) is 5.89 Å². The molecule has 154 valence electrons. The smallest absolute Gasteiger partial charge is 0.312 e. The Labute approximate surface area is 174 Å².